The number of nitrogens with zero attached hydrogens (tertiary/aromatic N) is 2. The molecule has 0 radical (unpaired) electrons. The quantitative estimate of drug-likeness (QED) is 0.655. The van der Waals surface area contributed by atoms with Crippen LogP contribution < -0.4 is 4.72 Å². The van der Waals surface area contributed by atoms with Gasteiger partial charge >= 0.3 is 0 Å². The van der Waals surface area contributed by atoms with E-state index in [9.17, 15) is 13.2 Å². The zero-order valence-corrected chi connectivity index (χ0v) is 20.1. The van der Waals surface area contributed by atoms with Gasteiger partial charge in [0.1, 0.15) is 0 Å². The van der Waals surface area contributed by atoms with Crippen LogP contribution in [-0.4, -0.2) is 62.4 Å². The average Bonchev–Trinajstić information content (AvgIpc) is 3.01. The van der Waals surface area contributed by atoms with Crippen LogP contribution in [0.1, 0.15) is 39.5 Å². The number of hydrogen-bond acceptors (Lipinski definition) is 5. The molecule has 2 aliphatic rings. The number of rotatable bonds is 5. The summed E-state index contributed by atoms with van der Waals surface area (Å²) in [5, 5.41) is 0. The van der Waals surface area contributed by atoms with Crippen LogP contribution in [0.15, 0.2) is 14.7 Å². The summed E-state index contributed by atoms with van der Waals surface area (Å²) in [4.78, 5) is 17.2. The van der Waals surface area contributed by atoms with Gasteiger partial charge in [-0.25, -0.2) is 13.1 Å². The zero-order valence-electron chi connectivity index (χ0n) is 16.2. The number of nitrogens with one attached hydrogen (secondary N) is 1. The first-order chi connectivity index (χ1) is 13.2. The second kappa shape index (κ2) is 9.31. The molecule has 6 nitrogen and oxygen atoms in total. The van der Waals surface area contributed by atoms with Crippen LogP contribution in [0.5, 0.6) is 0 Å². The molecule has 10 heteroatoms. The van der Waals surface area contributed by atoms with Gasteiger partial charge in [-0.2, -0.15) is 0 Å². The number of halogens is 2. The topological polar surface area (TPSA) is 69.7 Å². The first-order valence-electron chi connectivity index (χ1n) is 9.67. The summed E-state index contributed by atoms with van der Waals surface area (Å²) in [7, 11) is -3.61. The van der Waals surface area contributed by atoms with Crippen molar-refractivity contribution in [2.75, 3.05) is 26.2 Å². The molecule has 0 spiro atoms. The summed E-state index contributed by atoms with van der Waals surface area (Å²) < 4.78 is 29.1. The third-order valence-corrected chi connectivity index (χ3v) is 10.1. The maximum atomic E-state index is 12.8. The standard InChI is InChI=1S/C18H27BrClN3O3S2/c1-12(2)22-7-9-23(10-8-22)17(24)13-3-5-14(6-4-13)21-28(25,26)18-15(19)11-16(20)27-18/h11-14,21H,3-10H2,1-2H3. The molecule has 1 aliphatic heterocycles. The molecule has 1 N–H and O–H groups in total. The van der Waals surface area contributed by atoms with E-state index in [1.54, 1.807) is 6.07 Å². The fourth-order valence-corrected chi connectivity index (χ4v) is 8.29. The Kier molecular flexibility index (Phi) is 7.48. The van der Waals surface area contributed by atoms with Gasteiger partial charge in [0.05, 0.1) is 8.81 Å². The van der Waals surface area contributed by atoms with Crippen LogP contribution in [-0.2, 0) is 14.8 Å². The molecule has 1 amide bonds. The van der Waals surface area contributed by atoms with Gasteiger partial charge in [-0.1, -0.05) is 11.6 Å². The smallest absolute Gasteiger partial charge is 0.251 e. The highest BCUT2D eigenvalue weighted by Crippen LogP contribution is 2.35. The number of hydrogen-bond donors (Lipinski definition) is 1. The van der Waals surface area contributed by atoms with Crippen molar-refractivity contribution in [3.63, 3.8) is 0 Å². The minimum Gasteiger partial charge on any atom is -0.340 e. The van der Waals surface area contributed by atoms with E-state index in [0.717, 1.165) is 50.4 Å². The Bertz CT molecular complexity index is 799. The van der Waals surface area contributed by atoms with Gasteiger partial charge in [-0.3, -0.25) is 9.69 Å². The largest absolute Gasteiger partial charge is 0.340 e. The lowest BCUT2D eigenvalue weighted by molar-refractivity contribution is -0.138. The molecule has 2 fully saturated rings. The Hall–Kier alpha value is -0.190. The summed E-state index contributed by atoms with van der Waals surface area (Å²) in [6, 6.07) is 1.97. The molecule has 1 aliphatic carbocycles. The number of carbonyl (C=O) groups is 1. The van der Waals surface area contributed by atoms with E-state index in [1.165, 1.54) is 0 Å². The van der Waals surface area contributed by atoms with Crippen molar-refractivity contribution in [3.05, 3.63) is 14.9 Å². The molecule has 1 saturated carbocycles. The minimum atomic E-state index is -3.61. The first-order valence-corrected chi connectivity index (χ1v) is 13.1. The summed E-state index contributed by atoms with van der Waals surface area (Å²) >= 11 is 10.2. The van der Waals surface area contributed by atoms with Crippen molar-refractivity contribution in [2.45, 2.75) is 55.8 Å². The number of thiophene rings is 1. The molecular weight excluding hydrogens is 486 g/mol. The van der Waals surface area contributed by atoms with Crippen molar-refractivity contribution in [1.29, 1.82) is 0 Å². The molecule has 3 rings (SSSR count). The third kappa shape index (κ3) is 5.29. The van der Waals surface area contributed by atoms with E-state index in [4.69, 9.17) is 11.6 Å². The lowest BCUT2D eigenvalue weighted by Gasteiger charge is -2.39. The van der Waals surface area contributed by atoms with Crippen LogP contribution in [0.2, 0.25) is 4.34 Å². The van der Waals surface area contributed by atoms with Crippen LogP contribution in [0, 0.1) is 5.92 Å². The van der Waals surface area contributed by atoms with Gasteiger partial charge in [0.2, 0.25) is 5.91 Å². The van der Waals surface area contributed by atoms with Crippen LogP contribution >= 0.6 is 38.9 Å². The van der Waals surface area contributed by atoms with Gasteiger partial charge in [0, 0.05) is 44.2 Å². The van der Waals surface area contributed by atoms with Crippen LogP contribution in [0.4, 0.5) is 0 Å². The molecule has 1 aromatic heterocycles. The molecule has 28 heavy (non-hydrogen) atoms. The lowest BCUT2D eigenvalue weighted by Crippen LogP contribution is -2.52. The lowest BCUT2D eigenvalue weighted by atomic mass is 9.85. The maximum Gasteiger partial charge on any atom is 0.251 e. The van der Waals surface area contributed by atoms with Crippen molar-refractivity contribution in [2.24, 2.45) is 5.92 Å². The van der Waals surface area contributed by atoms with Crippen LogP contribution in [0.25, 0.3) is 0 Å². The van der Waals surface area contributed by atoms with E-state index in [0.29, 0.717) is 27.7 Å². The summed E-state index contributed by atoms with van der Waals surface area (Å²) in [5.41, 5.74) is 0. The Labute approximate surface area is 184 Å². The Balaban J connectivity index is 1.50. The fourth-order valence-electron chi connectivity index (χ4n) is 3.96. The first kappa shape index (κ1) is 22.5. The van der Waals surface area contributed by atoms with Gasteiger partial charge in [-0.05, 0) is 61.5 Å². The summed E-state index contributed by atoms with van der Waals surface area (Å²) in [6.45, 7) is 7.80. The van der Waals surface area contributed by atoms with Gasteiger partial charge in [0.15, 0.2) is 4.21 Å². The van der Waals surface area contributed by atoms with E-state index in [1.807, 2.05) is 4.90 Å². The Morgan fingerprint density at radius 1 is 1.21 bits per heavy atom. The van der Waals surface area contributed by atoms with Gasteiger partial charge in [-0.15, -0.1) is 11.3 Å². The van der Waals surface area contributed by atoms with E-state index < -0.39 is 10.0 Å². The summed E-state index contributed by atoms with van der Waals surface area (Å²) in [6.07, 6.45) is 2.81. The third-order valence-electron chi connectivity index (χ3n) is 5.62. The molecule has 158 valence electrons. The van der Waals surface area contributed by atoms with Crippen LogP contribution in [0.3, 0.4) is 0 Å². The van der Waals surface area contributed by atoms with E-state index in [2.05, 4.69) is 39.4 Å². The molecule has 0 atom stereocenters. The SMILES string of the molecule is CC(C)N1CCN(C(=O)C2CCC(NS(=O)(=O)c3sc(Cl)cc3Br)CC2)CC1. The molecule has 1 aromatic rings. The average molecular weight is 513 g/mol. The summed E-state index contributed by atoms with van der Waals surface area (Å²) in [5.74, 6) is 0.242. The number of amides is 1. The Morgan fingerprint density at radius 2 is 1.82 bits per heavy atom. The molecule has 2 heterocycles. The second-order valence-electron chi connectivity index (χ2n) is 7.81. The van der Waals surface area contributed by atoms with E-state index >= 15 is 0 Å². The molecule has 0 aromatic carbocycles. The zero-order chi connectivity index (χ0) is 20.5. The van der Waals surface area contributed by atoms with Gasteiger partial charge in [0.25, 0.3) is 10.0 Å². The molecule has 1 saturated heterocycles. The highest BCUT2D eigenvalue weighted by atomic mass is 79.9. The van der Waals surface area contributed by atoms with Crippen molar-refractivity contribution in [3.8, 4) is 0 Å². The predicted molar refractivity (Wildman–Crippen MR) is 116 cm³/mol. The maximum absolute atomic E-state index is 12.8. The monoisotopic (exact) mass is 511 g/mol. The molecule has 0 bridgehead atoms. The predicted octanol–water partition coefficient (Wildman–Crippen LogP) is 3.55. The molecular formula is C18H27BrClN3O3S2. The second-order valence-corrected chi connectivity index (χ2v) is 12.3. The van der Waals surface area contributed by atoms with E-state index in [-0.39, 0.29) is 22.1 Å². The van der Waals surface area contributed by atoms with Crippen molar-refractivity contribution >= 4 is 54.8 Å². The number of piperazine rings is 1. The molecule has 0 unspecified atom stereocenters. The number of sulfonamides is 1. The highest BCUT2D eigenvalue weighted by molar-refractivity contribution is 9.10. The normalized spacial score (nSPS) is 24.7. The Morgan fingerprint density at radius 3 is 2.32 bits per heavy atom. The van der Waals surface area contributed by atoms with Gasteiger partial charge < -0.3 is 4.90 Å². The fraction of sp³-hybridized carbons (Fsp3) is 0.722. The van der Waals surface area contributed by atoms with Crippen molar-refractivity contribution in [1.82, 2.24) is 14.5 Å². The van der Waals surface area contributed by atoms with Crippen molar-refractivity contribution < 1.29 is 13.2 Å². The highest BCUT2D eigenvalue weighted by Gasteiger charge is 2.33. The minimum absolute atomic E-state index is 0.00859. The number of carbonyl (C=O) groups excluding carboxylic acids is 1.